The molecule has 14 nitrogen and oxygen atoms in total. The van der Waals surface area contributed by atoms with E-state index in [0.29, 0.717) is 32.4 Å². The first-order chi connectivity index (χ1) is 26.5. The van der Waals surface area contributed by atoms with Gasteiger partial charge < -0.3 is 25.0 Å². The van der Waals surface area contributed by atoms with Crippen molar-refractivity contribution in [2.24, 2.45) is 16.7 Å². The van der Waals surface area contributed by atoms with Gasteiger partial charge in [-0.05, 0) is 79.4 Å². The van der Waals surface area contributed by atoms with E-state index in [0.717, 1.165) is 68.9 Å². The van der Waals surface area contributed by atoms with Crippen LogP contribution in [0.5, 0.6) is 0 Å². The lowest BCUT2D eigenvalue weighted by Crippen LogP contribution is -2.60. The highest BCUT2D eigenvalue weighted by Gasteiger charge is 2.62. The number of amides is 5. The van der Waals surface area contributed by atoms with Gasteiger partial charge in [0.05, 0.1) is 18.4 Å². The van der Waals surface area contributed by atoms with E-state index in [-0.39, 0.29) is 37.3 Å². The lowest BCUT2D eigenvalue weighted by Gasteiger charge is -2.38. The predicted octanol–water partition coefficient (Wildman–Crippen LogP) is 4.82. The number of nitrogens with one attached hydrogen (secondary N) is 3. The molecule has 4 fully saturated rings. The van der Waals surface area contributed by atoms with Gasteiger partial charge in [-0.1, -0.05) is 78.0 Å². The van der Waals surface area contributed by atoms with Crippen molar-refractivity contribution in [3.8, 4) is 0 Å². The van der Waals surface area contributed by atoms with Crippen LogP contribution in [0.1, 0.15) is 128 Å². The number of rotatable bonds is 6. The predicted molar refractivity (Wildman–Crippen MR) is 206 cm³/mol. The number of ether oxygens (including phenoxy) is 2. The molecule has 3 heterocycles. The monoisotopic (exact) mass is 797 g/mol. The number of carbonyl (C=O) groups excluding carboxylic acids is 5. The van der Waals surface area contributed by atoms with E-state index in [1.165, 1.54) is 10.5 Å². The molecule has 1 aromatic rings. The summed E-state index contributed by atoms with van der Waals surface area (Å²) in [6, 6.07) is 3.90. The van der Waals surface area contributed by atoms with Crippen LogP contribution in [0.15, 0.2) is 18.2 Å². The Balaban J connectivity index is 1.17. The fraction of sp³-hybridized carbons (Fsp3) is 0.732. The van der Waals surface area contributed by atoms with Crippen LogP contribution in [0.3, 0.4) is 0 Å². The van der Waals surface area contributed by atoms with Gasteiger partial charge in [0.2, 0.25) is 21.8 Å². The van der Waals surface area contributed by atoms with Gasteiger partial charge in [-0.2, -0.15) is 0 Å². The van der Waals surface area contributed by atoms with Crippen molar-refractivity contribution >= 4 is 39.9 Å². The molecule has 1 unspecified atom stereocenters. The van der Waals surface area contributed by atoms with Crippen LogP contribution in [0.4, 0.5) is 9.59 Å². The normalized spacial score (nSPS) is 29.9. The molecule has 3 N–H and O–H groups in total. The lowest BCUT2D eigenvalue weighted by molar-refractivity contribution is -0.143. The van der Waals surface area contributed by atoms with E-state index in [2.05, 4.69) is 21.4 Å². The maximum atomic E-state index is 14.7. The minimum atomic E-state index is -3.88. The Morgan fingerprint density at radius 3 is 2.34 bits per heavy atom. The minimum Gasteiger partial charge on any atom is -0.449 e. The molecule has 4 bridgehead atoms. The molecule has 3 saturated carbocycles. The first-order valence-corrected chi connectivity index (χ1v) is 22.3. The molecule has 15 heteroatoms. The van der Waals surface area contributed by atoms with Crippen molar-refractivity contribution in [3.63, 3.8) is 0 Å². The highest BCUT2D eigenvalue weighted by molar-refractivity contribution is 7.91. The zero-order valence-corrected chi connectivity index (χ0v) is 34.1. The third kappa shape index (κ3) is 8.38. The average Bonchev–Trinajstić information content (AvgIpc) is 4.05. The summed E-state index contributed by atoms with van der Waals surface area (Å²) in [7, 11) is -3.88. The van der Waals surface area contributed by atoms with Crippen molar-refractivity contribution in [2.45, 2.75) is 160 Å². The van der Waals surface area contributed by atoms with E-state index in [9.17, 15) is 32.4 Å². The molecule has 1 saturated heterocycles. The summed E-state index contributed by atoms with van der Waals surface area (Å²) in [4.78, 5) is 72.9. The van der Waals surface area contributed by atoms with Gasteiger partial charge in [0.15, 0.2) is 0 Å². The van der Waals surface area contributed by atoms with Crippen molar-refractivity contribution in [3.05, 3.63) is 34.9 Å². The molecule has 7 rings (SSSR count). The van der Waals surface area contributed by atoms with E-state index in [1.807, 2.05) is 39.8 Å². The molecule has 308 valence electrons. The fourth-order valence-electron chi connectivity index (χ4n) is 9.52. The molecule has 5 atom stereocenters. The summed E-state index contributed by atoms with van der Waals surface area (Å²) >= 11 is 0. The topological polar surface area (TPSA) is 181 Å². The van der Waals surface area contributed by atoms with Gasteiger partial charge in [0.25, 0.3) is 5.91 Å². The number of fused-ring (bicyclic) bond motifs is 3. The maximum absolute atomic E-state index is 14.7. The molecule has 0 radical (unpaired) electrons. The summed E-state index contributed by atoms with van der Waals surface area (Å²) in [6.07, 6.45) is 8.51. The molecule has 5 amide bonds. The van der Waals surface area contributed by atoms with E-state index in [1.54, 1.807) is 4.90 Å². The number of benzene rings is 1. The number of carbonyl (C=O) groups is 5. The molecule has 1 aromatic carbocycles. The molecule has 6 aliphatic rings. The molecule has 1 spiro atoms. The Kier molecular flexibility index (Phi) is 11.1. The standard InChI is InChI=1S/C41H59N5O9S/c1-5-28-21-41(28,36(49)44-56(52,53)30-15-16-30)43-34(47)32-20-29-23-46(32)35(48)33(39(2,3)4)42-37(50)54-25-40(17-8-6-9-18-40)19-10-7-12-26-13-11-14-27-22-45(24-31(26)27)38(51)55-29/h11,13-14,28-30,32-33H,5-10,12,15-25H2,1-4H3,(H,42,50)(H,43,47)(H,44,49)/t28-,29+,32?,33+,41+/m0/s1. The summed E-state index contributed by atoms with van der Waals surface area (Å²) in [5.41, 5.74) is 0.996. The zero-order chi connectivity index (χ0) is 40.0. The van der Waals surface area contributed by atoms with Crippen LogP contribution in [-0.4, -0.2) is 90.3 Å². The molecule has 56 heavy (non-hydrogen) atoms. The van der Waals surface area contributed by atoms with Gasteiger partial charge in [-0.25, -0.2) is 18.0 Å². The number of cyclic esters (lactones) is 1. The van der Waals surface area contributed by atoms with Crippen LogP contribution in [0.2, 0.25) is 0 Å². The second-order valence-electron chi connectivity index (χ2n) is 18.4. The second-order valence-corrected chi connectivity index (χ2v) is 20.4. The van der Waals surface area contributed by atoms with Gasteiger partial charge in [0, 0.05) is 24.9 Å². The minimum absolute atomic E-state index is 0.0476. The summed E-state index contributed by atoms with van der Waals surface area (Å²) in [5.74, 6) is -2.29. The second kappa shape index (κ2) is 15.5. The summed E-state index contributed by atoms with van der Waals surface area (Å²) < 4.78 is 39.7. The lowest BCUT2D eigenvalue weighted by atomic mass is 9.71. The fourth-order valence-corrected chi connectivity index (χ4v) is 10.9. The van der Waals surface area contributed by atoms with E-state index >= 15 is 0 Å². The molecular weight excluding hydrogens is 739 g/mol. The third-order valence-electron chi connectivity index (χ3n) is 13.2. The van der Waals surface area contributed by atoms with Gasteiger partial charge in [-0.15, -0.1) is 0 Å². The average molecular weight is 798 g/mol. The third-order valence-corrected chi connectivity index (χ3v) is 15.0. The SMILES string of the molecule is CC[C@H]1C[C@]1(NC(=O)C1C[C@@H]2CN1C(=O)[C@H](C(C)(C)C)NC(=O)OCC1(CCCCC1)CCCCc1cccc3c1CN(C3)C(=O)O2)C(=O)NS(=O)(=O)C1CC1. The highest BCUT2D eigenvalue weighted by Crippen LogP contribution is 2.47. The van der Waals surface area contributed by atoms with Crippen LogP contribution in [0, 0.1) is 16.7 Å². The van der Waals surface area contributed by atoms with Crippen LogP contribution >= 0.6 is 0 Å². The number of hydrogen-bond acceptors (Lipinski definition) is 9. The molecule has 3 aliphatic heterocycles. The quantitative estimate of drug-likeness (QED) is 0.364. The Labute approximate surface area is 330 Å². The number of sulfonamides is 1. The molecule has 0 aromatic heterocycles. The van der Waals surface area contributed by atoms with Crippen LogP contribution < -0.4 is 15.4 Å². The van der Waals surface area contributed by atoms with Gasteiger partial charge in [-0.3, -0.25) is 24.0 Å². The summed E-state index contributed by atoms with van der Waals surface area (Å²) in [6.45, 7) is 8.23. The first kappa shape index (κ1) is 40.3. The van der Waals surface area contributed by atoms with Gasteiger partial charge in [0.1, 0.15) is 23.7 Å². The Hall–Kier alpha value is -3.88. The molecule has 3 aliphatic carbocycles. The van der Waals surface area contributed by atoms with Crippen molar-refractivity contribution in [2.75, 3.05) is 13.2 Å². The number of nitrogens with zero attached hydrogens (tertiary/aromatic N) is 2. The number of hydrogen-bond donors (Lipinski definition) is 3. The Morgan fingerprint density at radius 1 is 0.982 bits per heavy atom. The van der Waals surface area contributed by atoms with Crippen LogP contribution in [0.25, 0.3) is 0 Å². The Bertz CT molecular complexity index is 1840. The highest BCUT2D eigenvalue weighted by atomic mass is 32.2. The first-order valence-electron chi connectivity index (χ1n) is 20.7. The Morgan fingerprint density at radius 2 is 1.68 bits per heavy atom. The van der Waals surface area contributed by atoms with E-state index in [4.69, 9.17) is 9.47 Å². The van der Waals surface area contributed by atoms with Crippen molar-refractivity contribution in [1.29, 1.82) is 0 Å². The van der Waals surface area contributed by atoms with Crippen molar-refractivity contribution < 1.29 is 41.9 Å². The number of aryl methyl sites for hydroxylation is 1. The number of alkyl carbamates (subject to hydrolysis) is 1. The zero-order valence-electron chi connectivity index (χ0n) is 33.3. The van der Waals surface area contributed by atoms with Crippen LogP contribution in [-0.2, 0) is 53.4 Å². The smallest absolute Gasteiger partial charge is 0.410 e. The molecular formula is C41H59N5O9S. The van der Waals surface area contributed by atoms with E-state index < -0.39 is 74.3 Å². The maximum Gasteiger partial charge on any atom is 0.410 e. The van der Waals surface area contributed by atoms with Gasteiger partial charge >= 0.3 is 12.2 Å². The largest absolute Gasteiger partial charge is 0.449 e. The summed E-state index contributed by atoms with van der Waals surface area (Å²) in [5, 5.41) is 5.06. The van der Waals surface area contributed by atoms with Crippen molar-refractivity contribution in [1.82, 2.24) is 25.2 Å².